The third-order valence-electron chi connectivity index (χ3n) is 2.71. The molecule has 0 aromatic carbocycles. The molecule has 1 atom stereocenters. The molecule has 0 heteroatoms. The molecule has 1 saturated carbocycles. The fourth-order valence-electron chi connectivity index (χ4n) is 1.95. The minimum atomic E-state index is 0.992. The van der Waals surface area contributed by atoms with Crippen LogP contribution in [0.4, 0.5) is 0 Å². The molecule has 1 fully saturated rings. The van der Waals surface area contributed by atoms with E-state index in [0.29, 0.717) is 0 Å². The van der Waals surface area contributed by atoms with Crippen molar-refractivity contribution >= 4 is 0 Å². The predicted molar refractivity (Wildman–Crippen MR) is 50.4 cm³/mol. The van der Waals surface area contributed by atoms with Gasteiger partial charge in [0.1, 0.15) is 0 Å². The molecule has 1 aliphatic rings. The van der Waals surface area contributed by atoms with Crippen molar-refractivity contribution in [1.29, 1.82) is 0 Å². The first-order chi connectivity index (χ1) is 5.43. The van der Waals surface area contributed by atoms with Gasteiger partial charge >= 0.3 is 0 Å². The fourth-order valence-corrected chi connectivity index (χ4v) is 1.95. The van der Waals surface area contributed by atoms with E-state index >= 15 is 0 Å². The molecule has 11 heavy (non-hydrogen) atoms. The lowest BCUT2D eigenvalue weighted by atomic mass is 10.00. The van der Waals surface area contributed by atoms with E-state index < -0.39 is 0 Å². The Balaban J connectivity index is 1.86. The molecule has 0 amide bonds. The summed E-state index contributed by atoms with van der Waals surface area (Å²) in [6.45, 7) is 2.28. The Hall–Kier alpha value is 0. The summed E-state index contributed by atoms with van der Waals surface area (Å²) in [5.74, 6) is 0.992. The maximum absolute atomic E-state index is 2.53. The van der Waals surface area contributed by atoms with E-state index in [1.807, 2.05) is 0 Å². The lowest BCUT2D eigenvalue weighted by Crippen LogP contribution is -1.92. The monoisotopic (exact) mass is 153 g/mol. The SMILES string of the molecule is CCCCCCC1[CH]CCC1. The summed E-state index contributed by atoms with van der Waals surface area (Å²) >= 11 is 0. The third-order valence-corrected chi connectivity index (χ3v) is 2.71. The fraction of sp³-hybridized carbons (Fsp3) is 0.909. The van der Waals surface area contributed by atoms with Crippen molar-refractivity contribution in [3.05, 3.63) is 6.42 Å². The Labute approximate surface area is 71.4 Å². The summed E-state index contributed by atoms with van der Waals surface area (Å²) in [6.07, 6.45) is 14.1. The Morgan fingerprint density at radius 2 is 2.18 bits per heavy atom. The highest BCUT2D eigenvalue weighted by Crippen LogP contribution is 2.28. The van der Waals surface area contributed by atoms with Gasteiger partial charge in [-0.25, -0.2) is 0 Å². The van der Waals surface area contributed by atoms with Crippen molar-refractivity contribution in [3.8, 4) is 0 Å². The smallest absolute Gasteiger partial charge is 0.0355 e. The summed E-state index contributed by atoms with van der Waals surface area (Å²) in [5.41, 5.74) is 0. The van der Waals surface area contributed by atoms with Crippen LogP contribution in [0.3, 0.4) is 0 Å². The van der Waals surface area contributed by atoms with Gasteiger partial charge in [0.25, 0.3) is 0 Å². The third kappa shape index (κ3) is 3.79. The van der Waals surface area contributed by atoms with Crippen molar-refractivity contribution in [2.45, 2.75) is 58.3 Å². The zero-order chi connectivity index (χ0) is 7.94. The van der Waals surface area contributed by atoms with Gasteiger partial charge < -0.3 is 0 Å². The molecule has 1 rings (SSSR count). The average molecular weight is 153 g/mol. The van der Waals surface area contributed by atoms with Gasteiger partial charge in [0.15, 0.2) is 0 Å². The van der Waals surface area contributed by atoms with Gasteiger partial charge in [0, 0.05) is 0 Å². The average Bonchev–Trinajstić information content (AvgIpc) is 2.50. The van der Waals surface area contributed by atoms with E-state index in [9.17, 15) is 0 Å². The largest absolute Gasteiger partial charge is 0.0654 e. The van der Waals surface area contributed by atoms with Crippen LogP contribution in [-0.2, 0) is 0 Å². The molecule has 1 unspecified atom stereocenters. The molecule has 0 aliphatic heterocycles. The molecule has 1 aliphatic carbocycles. The normalized spacial score (nSPS) is 19.4. The van der Waals surface area contributed by atoms with Crippen LogP contribution < -0.4 is 0 Å². The second-order valence-electron chi connectivity index (χ2n) is 3.78. The van der Waals surface area contributed by atoms with Gasteiger partial charge in [-0.3, -0.25) is 0 Å². The first kappa shape index (κ1) is 9.09. The highest BCUT2D eigenvalue weighted by Gasteiger charge is 2.13. The van der Waals surface area contributed by atoms with Crippen molar-refractivity contribution in [1.82, 2.24) is 0 Å². The summed E-state index contributed by atoms with van der Waals surface area (Å²) < 4.78 is 0. The van der Waals surface area contributed by atoms with Crippen LogP contribution in [0.5, 0.6) is 0 Å². The van der Waals surface area contributed by atoms with E-state index in [2.05, 4.69) is 13.3 Å². The zero-order valence-electron chi connectivity index (χ0n) is 7.81. The molecule has 65 valence electrons. The first-order valence-electron chi connectivity index (χ1n) is 5.27. The summed E-state index contributed by atoms with van der Waals surface area (Å²) in [5, 5.41) is 0. The van der Waals surface area contributed by atoms with Crippen LogP contribution in [0.2, 0.25) is 0 Å². The van der Waals surface area contributed by atoms with Crippen LogP contribution in [0.25, 0.3) is 0 Å². The minimum Gasteiger partial charge on any atom is -0.0654 e. The van der Waals surface area contributed by atoms with E-state index in [4.69, 9.17) is 0 Å². The van der Waals surface area contributed by atoms with E-state index in [1.165, 1.54) is 51.4 Å². The predicted octanol–water partition coefficient (Wildman–Crippen LogP) is 3.96. The zero-order valence-corrected chi connectivity index (χ0v) is 7.81. The van der Waals surface area contributed by atoms with Crippen molar-refractivity contribution < 1.29 is 0 Å². The van der Waals surface area contributed by atoms with Crippen LogP contribution >= 0.6 is 0 Å². The van der Waals surface area contributed by atoms with Gasteiger partial charge in [-0.15, -0.1) is 0 Å². The van der Waals surface area contributed by atoms with Crippen molar-refractivity contribution in [2.75, 3.05) is 0 Å². The second kappa shape index (κ2) is 5.62. The van der Waals surface area contributed by atoms with Gasteiger partial charge in [-0.05, 0) is 18.8 Å². The second-order valence-corrected chi connectivity index (χ2v) is 3.78. The van der Waals surface area contributed by atoms with E-state index in [1.54, 1.807) is 0 Å². The molecule has 0 saturated heterocycles. The quantitative estimate of drug-likeness (QED) is 0.524. The lowest BCUT2D eigenvalue weighted by Gasteiger charge is -2.06. The highest BCUT2D eigenvalue weighted by molar-refractivity contribution is 4.82. The van der Waals surface area contributed by atoms with E-state index in [0.717, 1.165) is 5.92 Å². The summed E-state index contributed by atoms with van der Waals surface area (Å²) in [6, 6.07) is 0. The summed E-state index contributed by atoms with van der Waals surface area (Å²) in [7, 11) is 0. The number of hydrogen-bond donors (Lipinski definition) is 0. The van der Waals surface area contributed by atoms with Gasteiger partial charge in [-0.1, -0.05) is 51.9 Å². The van der Waals surface area contributed by atoms with E-state index in [-0.39, 0.29) is 0 Å². The first-order valence-corrected chi connectivity index (χ1v) is 5.27. The minimum absolute atomic E-state index is 0.992. The van der Waals surface area contributed by atoms with Crippen LogP contribution in [0, 0.1) is 12.3 Å². The number of rotatable bonds is 5. The van der Waals surface area contributed by atoms with Crippen LogP contribution in [0.1, 0.15) is 58.3 Å². The maximum Gasteiger partial charge on any atom is -0.0355 e. The van der Waals surface area contributed by atoms with Crippen LogP contribution in [0.15, 0.2) is 0 Å². The molecule has 0 N–H and O–H groups in total. The molecule has 0 spiro atoms. The Bertz CT molecular complexity index is 80.0. The molecule has 0 aromatic heterocycles. The van der Waals surface area contributed by atoms with Crippen molar-refractivity contribution in [2.24, 2.45) is 5.92 Å². The van der Waals surface area contributed by atoms with Gasteiger partial charge in [0.05, 0.1) is 0 Å². The topological polar surface area (TPSA) is 0 Å². The number of hydrogen-bond acceptors (Lipinski definition) is 0. The Kier molecular flexibility index (Phi) is 4.65. The molecule has 0 nitrogen and oxygen atoms in total. The van der Waals surface area contributed by atoms with Crippen LogP contribution in [-0.4, -0.2) is 0 Å². The Morgan fingerprint density at radius 3 is 2.82 bits per heavy atom. The Morgan fingerprint density at radius 1 is 1.27 bits per heavy atom. The lowest BCUT2D eigenvalue weighted by molar-refractivity contribution is 0.515. The molecule has 0 aromatic rings. The molecule has 1 radical (unpaired) electrons. The molecule has 0 bridgehead atoms. The van der Waals surface area contributed by atoms with Gasteiger partial charge in [0.2, 0.25) is 0 Å². The van der Waals surface area contributed by atoms with Gasteiger partial charge in [-0.2, -0.15) is 0 Å². The standard InChI is InChI=1S/C11H21/c1-2-3-4-5-8-11-9-6-7-10-11/h9,11H,2-8,10H2,1H3. The molecule has 0 heterocycles. The number of unbranched alkanes of at least 4 members (excludes halogenated alkanes) is 3. The molecular weight excluding hydrogens is 132 g/mol. The maximum atomic E-state index is 2.53. The summed E-state index contributed by atoms with van der Waals surface area (Å²) in [4.78, 5) is 0. The molecular formula is C11H21. The highest BCUT2D eigenvalue weighted by atomic mass is 14.2. The van der Waals surface area contributed by atoms with Crippen molar-refractivity contribution in [3.63, 3.8) is 0 Å².